The summed E-state index contributed by atoms with van der Waals surface area (Å²) >= 11 is 1.14. The molecule has 2 aromatic heterocycles. The van der Waals surface area contributed by atoms with Crippen molar-refractivity contribution < 1.29 is 18.3 Å². The maximum absolute atomic E-state index is 12.9. The standard InChI is InChI=1S/C24H31N7O4S2/c1-16(2)37(34,35)20-7-5-4-6-18(20)28-23(33)19-15-25-24(36-19)29-21-14-22(27-17(3)26-21)31-10-8-30(9-11-31)12-13-32/h4-7,14-16,32H,8-13H2,1-3H3,(H,28,33)(H,25,26,27,29). The number of hydrogen-bond donors (Lipinski definition) is 3. The van der Waals surface area contributed by atoms with Gasteiger partial charge in [-0.2, -0.15) is 0 Å². The summed E-state index contributed by atoms with van der Waals surface area (Å²) in [7, 11) is -3.57. The predicted molar refractivity (Wildman–Crippen MR) is 145 cm³/mol. The molecule has 198 valence electrons. The highest BCUT2D eigenvalue weighted by Crippen LogP contribution is 2.28. The number of anilines is 4. The first-order chi connectivity index (χ1) is 17.7. The van der Waals surface area contributed by atoms with Gasteiger partial charge in [0.2, 0.25) is 0 Å². The number of carbonyl (C=O) groups is 1. The average Bonchev–Trinajstić information content (AvgIpc) is 3.33. The van der Waals surface area contributed by atoms with Crippen molar-refractivity contribution in [3.8, 4) is 0 Å². The van der Waals surface area contributed by atoms with Gasteiger partial charge < -0.3 is 20.6 Å². The number of β-amino-alcohol motifs (C(OH)–C–C–N with tert-alkyl or cyclic N) is 1. The number of sulfone groups is 1. The summed E-state index contributed by atoms with van der Waals surface area (Å²) in [6, 6.07) is 8.22. The quantitative estimate of drug-likeness (QED) is 0.367. The number of rotatable bonds is 9. The molecule has 0 radical (unpaired) electrons. The van der Waals surface area contributed by atoms with Gasteiger partial charge in [-0.15, -0.1) is 0 Å². The summed E-state index contributed by atoms with van der Waals surface area (Å²) in [5.74, 6) is 1.53. The first kappa shape index (κ1) is 26.9. The van der Waals surface area contributed by atoms with E-state index in [1.54, 1.807) is 32.0 Å². The van der Waals surface area contributed by atoms with Gasteiger partial charge in [0.05, 0.1) is 28.6 Å². The van der Waals surface area contributed by atoms with Crippen molar-refractivity contribution in [3.05, 3.63) is 47.2 Å². The number of carbonyl (C=O) groups excluding carboxylic acids is 1. The topological polar surface area (TPSA) is 141 Å². The molecule has 4 rings (SSSR count). The van der Waals surface area contributed by atoms with Crippen molar-refractivity contribution in [1.29, 1.82) is 0 Å². The van der Waals surface area contributed by atoms with Crippen LogP contribution in [0.2, 0.25) is 0 Å². The van der Waals surface area contributed by atoms with Gasteiger partial charge in [-0.25, -0.2) is 23.4 Å². The number of aromatic nitrogens is 3. The van der Waals surface area contributed by atoms with Gasteiger partial charge in [0.1, 0.15) is 22.3 Å². The van der Waals surface area contributed by atoms with Gasteiger partial charge in [-0.05, 0) is 32.9 Å². The van der Waals surface area contributed by atoms with E-state index in [9.17, 15) is 13.2 Å². The summed E-state index contributed by atoms with van der Waals surface area (Å²) in [5.41, 5.74) is 0.235. The summed E-state index contributed by atoms with van der Waals surface area (Å²) in [4.78, 5) is 31.0. The maximum Gasteiger partial charge on any atom is 0.267 e. The Labute approximate surface area is 220 Å². The van der Waals surface area contributed by atoms with Crippen molar-refractivity contribution in [1.82, 2.24) is 19.9 Å². The molecule has 3 heterocycles. The molecule has 0 unspecified atom stereocenters. The number of para-hydroxylation sites is 1. The zero-order chi connectivity index (χ0) is 26.6. The van der Waals surface area contributed by atoms with Crippen molar-refractivity contribution >= 4 is 49.5 Å². The molecule has 3 N–H and O–H groups in total. The first-order valence-electron chi connectivity index (χ1n) is 12.0. The monoisotopic (exact) mass is 545 g/mol. The molecule has 1 aromatic carbocycles. The number of hydrogen-bond acceptors (Lipinski definition) is 11. The minimum Gasteiger partial charge on any atom is -0.395 e. The van der Waals surface area contributed by atoms with Gasteiger partial charge >= 0.3 is 0 Å². The van der Waals surface area contributed by atoms with Crippen LogP contribution < -0.4 is 15.5 Å². The lowest BCUT2D eigenvalue weighted by molar-refractivity contribution is 0.103. The van der Waals surface area contributed by atoms with Crippen LogP contribution in [0.15, 0.2) is 41.4 Å². The summed E-state index contributed by atoms with van der Waals surface area (Å²) in [5, 5.41) is 14.9. The second-order valence-corrected chi connectivity index (χ2v) is 12.4. The van der Waals surface area contributed by atoms with E-state index in [-0.39, 0.29) is 17.2 Å². The molecule has 1 amide bonds. The largest absolute Gasteiger partial charge is 0.395 e. The van der Waals surface area contributed by atoms with Crippen molar-refractivity contribution in [2.24, 2.45) is 0 Å². The second kappa shape index (κ2) is 11.5. The van der Waals surface area contributed by atoms with E-state index in [2.05, 4.69) is 35.4 Å². The molecular formula is C24H31N7O4S2. The third-order valence-electron chi connectivity index (χ3n) is 5.96. The average molecular weight is 546 g/mol. The van der Waals surface area contributed by atoms with Crippen LogP contribution in [0.1, 0.15) is 29.3 Å². The van der Waals surface area contributed by atoms with Crippen LogP contribution >= 0.6 is 11.3 Å². The van der Waals surface area contributed by atoms with E-state index in [4.69, 9.17) is 5.11 Å². The molecule has 0 saturated carbocycles. The van der Waals surface area contributed by atoms with E-state index >= 15 is 0 Å². The number of aliphatic hydroxyl groups excluding tert-OH is 1. The zero-order valence-corrected chi connectivity index (χ0v) is 22.6. The Balaban J connectivity index is 1.45. The SMILES string of the molecule is Cc1nc(Nc2ncc(C(=O)Nc3ccccc3S(=O)(=O)C(C)C)s2)cc(N2CCN(CCO)CC2)n1. The number of nitrogens with zero attached hydrogens (tertiary/aromatic N) is 5. The van der Waals surface area contributed by atoms with Gasteiger partial charge in [0, 0.05) is 38.8 Å². The highest BCUT2D eigenvalue weighted by molar-refractivity contribution is 7.92. The van der Waals surface area contributed by atoms with Gasteiger partial charge in [-0.1, -0.05) is 23.5 Å². The Morgan fingerprint density at radius 3 is 2.59 bits per heavy atom. The Morgan fingerprint density at radius 1 is 1.16 bits per heavy atom. The van der Waals surface area contributed by atoms with Crippen LogP contribution in [0, 0.1) is 6.92 Å². The number of piperazine rings is 1. The van der Waals surface area contributed by atoms with Gasteiger partial charge in [-0.3, -0.25) is 9.69 Å². The van der Waals surface area contributed by atoms with Gasteiger partial charge in [0.15, 0.2) is 15.0 Å². The molecule has 0 atom stereocenters. The van der Waals surface area contributed by atoms with Crippen LogP contribution in [0.4, 0.5) is 22.5 Å². The highest BCUT2D eigenvalue weighted by Gasteiger charge is 2.24. The maximum atomic E-state index is 12.9. The first-order valence-corrected chi connectivity index (χ1v) is 14.3. The lowest BCUT2D eigenvalue weighted by atomic mass is 10.3. The minimum absolute atomic E-state index is 0.0856. The smallest absolute Gasteiger partial charge is 0.267 e. The number of aryl methyl sites for hydroxylation is 1. The molecule has 1 fully saturated rings. The summed E-state index contributed by atoms with van der Waals surface area (Å²) in [6.45, 7) is 9.13. The number of aliphatic hydroxyl groups is 1. The number of thiazole rings is 1. The third-order valence-corrected chi connectivity index (χ3v) is 9.09. The molecule has 11 nitrogen and oxygen atoms in total. The van der Waals surface area contributed by atoms with E-state index in [1.165, 1.54) is 12.3 Å². The van der Waals surface area contributed by atoms with E-state index < -0.39 is 21.0 Å². The number of nitrogens with one attached hydrogen (secondary N) is 2. The number of amides is 1. The van der Waals surface area contributed by atoms with E-state index in [0.29, 0.717) is 28.2 Å². The fourth-order valence-electron chi connectivity index (χ4n) is 3.92. The molecule has 1 saturated heterocycles. The number of benzene rings is 1. The van der Waals surface area contributed by atoms with Gasteiger partial charge in [0.25, 0.3) is 5.91 Å². The van der Waals surface area contributed by atoms with Crippen LogP contribution in [0.25, 0.3) is 0 Å². The lowest BCUT2D eigenvalue weighted by Crippen LogP contribution is -2.47. The van der Waals surface area contributed by atoms with Crippen LogP contribution in [-0.2, 0) is 9.84 Å². The molecule has 1 aliphatic heterocycles. The molecular weight excluding hydrogens is 514 g/mol. The molecule has 37 heavy (non-hydrogen) atoms. The lowest BCUT2D eigenvalue weighted by Gasteiger charge is -2.35. The van der Waals surface area contributed by atoms with Crippen molar-refractivity contribution in [2.75, 3.05) is 54.9 Å². The Hall–Kier alpha value is -3.13. The highest BCUT2D eigenvalue weighted by atomic mass is 32.2. The molecule has 3 aromatic rings. The van der Waals surface area contributed by atoms with Crippen LogP contribution in [0.5, 0.6) is 0 Å². The summed E-state index contributed by atoms with van der Waals surface area (Å²) < 4.78 is 25.4. The second-order valence-electron chi connectivity index (χ2n) is 8.91. The molecule has 0 spiro atoms. The summed E-state index contributed by atoms with van der Waals surface area (Å²) in [6.07, 6.45) is 1.44. The Morgan fingerprint density at radius 2 is 1.89 bits per heavy atom. The predicted octanol–water partition coefficient (Wildman–Crippen LogP) is 2.53. The molecule has 1 aliphatic rings. The van der Waals surface area contributed by atoms with Crippen LogP contribution in [-0.4, -0.2) is 83.9 Å². The zero-order valence-electron chi connectivity index (χ0n) is 21.0. The van der Waals surface area contributed by atoms with Crippen molar-refractivity contribution in [2.45, 2.75) is 30.9 Å². The van der Waals surface area contributed by atoms with E-state index in [0.717, 1.165) is 43.3 Å². The third kappa shape index (κ3) is 6.42. The molecule has 0 bridgehead atoms. The Kier molecular flexibility index (Phi) is 8.37. The van der Waals surface area contributed by atoms with E-state index in [1.807, 2.05) is 13.0 Å². The fourth-order valence-corrected chi connectivity index (χ4v) is 5.84. The normalized spacial score (nSPS) is 14.7. The Bertz CT molecular complexity index is 1350. The van der Waals surface area contributed by atoms with Crippen LogP contribution in [0.3, 0.4) is 0 Å². The fraction of sp³-hybridized carbons (Fsp3) is 0.417. The van der Waals surface area contributed by atoms with Crippen molar-refractivity contribution in [3.63, 3.8) is 0 Å². The molecule has 0 aliphatic carbocycles. The molecule has 13 heteroatoms. The minimum atomic E-state index is -3.57.